The Kier molecular flexibility index (Phi) is 8.76. The van der Waals surface area contributed by atoms with Crippen LogP contribution in [-0.2, 0) is 4.74 Å². The SMILES string of the molecule is COCCCNC(=O)c1cc(NC(=O)Nc2ccc(Cl)cc2)ccc1N1CCC(C)CC1. The van der Waals surface area contributed by atoms with Crippen LogP contribution in [0.2, 0.25) is 5.02 Å². The maximum atomic E-state index is 13.0. The number of amides is 3. The van der Waals surface area contributed by atoms with Crippen molar-refractivity contribution < 1.29 is 14.3 Å². The molecule has 1 aliphatic rings. The van der Waals surface area contributed by atoms with Crippen molar-refractivity contribution in [3.8, 4) is 0 Å². The number of hydrogen-bond donors (Lipinski definition) is 3. The van der Waals surface area contributed by atoms with Crippen LogP contribution in [0.25, 0.3) is 0 Å². The Morgan fingerprint density at radius 2 is 1.72 bits per heavy atom. The minimum absolute atomic E-state index is 0.156. The van der Waals surface area contributed by atoms with Crippen LogP contribution in [0.4, 0.5) is 21.9 Å². The van der Waals surface area contributed by atoms with E-state index in [1.165, 1.54) is 0 Å². The number of piperidine rings is 1. The normalized spacial score (nSPS) is 14.2. The van der Waals surface area contributed by atoms with Crippen LogP contribution in [0.1, 0.15) is 36.5 Å². The van der Waals surface area contributed by atoms with Gasteiger partial charge in [0.25, 0.3) is 5.91 Å². The second kappa shape index (κ2) is 11.7. The molecule has 0 saturated carbocycles. The number of ether oxygens (including phenoxy) is 1. The van der Waals surface area contributed by atoms with Crippen LogP contribution < -0.4 is 20.9 Å². The van der Waals surface area contributed by atoms with Crippen LogP contribution >= 0.6 is 11.6 Å². The van der Waals surface area contributed by atoms with Crippen molar-refractivity contribution in [1.82, 2.24) is 5.32 Å². The van der Waals surface area contributed by atoms with Gasteiger partial charge in [0.1, 0.15) is 0 Å². The fraction of sp³-hybridized carbons (Fsp3) is 0.417. The lowest BCUT2D eigenvalue weighted by atomic mass is 9.98. The molecule has 1 fully saturated rings. The third-order valence-corrected chi connectivity index (χ3v) is 5.79. The van der Waals surface area contributed by atoms with Crippen molar-refractivity contribution in [2.75, 3.05) is 48.9 Å². The summed E-state index contributed by atoms with van der Waals surface area (Å²) in [5.41, 5.74) is 2.63. The molecule has 2 aromatic carbocycles. The lowest BCUT2D eigenvalue weighted by Gasteiger charge is -2.33. The van der Waals surface area contributed by atoms with Gasteiger partial charge >= 0.3 is 6.03 Å². The molecule has 3 N–H and O–H groups in total. The summed E-state index contributed by atoms with van der Waals surface area (Å²) in [6.45, 7) is 5.19. The number of carbonyl (C=O) groups is 2. The first-order chi connectivity index (χ1) is 15.5. The van der Waals surface area contributed by atoms with Gasteiger partial charge in [-0.25, -0.2) is 4.79 Å². The van der Waals surface area contributed by atoms with Gasteiger partial charge in [-0.1, -0.05) is 18.5 Å². The first-order valence-corrected chi connectivity index (χ1v) is 11.3. The van der Waals surface area contributed by atoms with Gasteiger partial charge in [-0.15, -0.1) is 0 Å². The van der Waals surface area contributed by atoms with E-state index in [0.717, 1.165) is 38.0 Å². The highest BCUT2D eigenvalue weighted by atomic mass is 35.5. The van der Waals surface area contributed by atoms with Gasteiger partial charge in [0.15, 0.2) is 0 Å². The fourth-order valence-corrected chi connectivity index (χ4v) is 3.79. The summed E-state index contributed by atoms with van der Waals surface area (Å²) in [4.78, 5) is 27.7. The van der Waals surface area contributed by atoms with Crippen molar-refractivity contribution in [2.24, 2.45) is 5.92 Å². The third-order valence-electron chi connectivity index (χ3n) is 5.54. The molecule has 3 amide bonds. The van der Waals surface area contributed by atoms with Gasteiger partial charge in [-0.3, -0.25) is 4.79 Å². The highest BCUT2D eigenvalue weighted by molar-refractivity contribution is 6.30. The molecule has 172 valence electrons. The zero-order valence-corrected chi connectivity index (χ0v) is 19.4. The molecule has 1 saturated heterocycles. The molecule has 32 heavy (non-hydrogen) atoms. The van der Waals surface area contributed by atoms with E-state index in [4.69, 9.17) is 16.3 Å². The predicted molar refractivity (Wildman–Crippen MR) is 130 cm³/mol. The van der Waals surface area contributed by atoms with Crippen molar-refractivity contribution in [3.05, 3.63) is 53.1 Å². The first kappa shape index (κ1) is 23.9. The van der Waals surface area contributed by atoms with Crippen LogP contribution in [-0.4, -0.2) is 45.3 Å². The van der Waals surface area contributed by atoms with Crippen LogP contribution in [0.15, 0.2) is 42.5 Å². The van der Waals surface area contributed by atoms with E-state index in [1.54, 1.807) is 37.4 Å². The van der Waals surface area contributed by atoms with Crippen LogP contribution in [0, 0.1) is 5.92 Å². The summed E-state index contributed by atoms with van der Waals surface area (Å²) in [5, 5.41) is 9.13. The van der Waals surface area contributed by atoms with Gasteiger partial charge in [-0.05, 0) is 67.6 Å². The minimum Gasteiger partial charge on any atom is -0.385 e. The summed E-state index contributed by atoms with van der Waals surface area (Å²) >= 11 is 5.89. The van der Waals surface area contributed by atoms with Gasteiger partial charge < -0.3 is 25.6 Å². The number of carbonyl (C=O) groups excluding carboxylic acids is 2. The maximum Gasteiger partial charge on any atom is 0.323 e. The lowest BCUT2D eigenvalue weighted by molar-refractivity contribution is 0.0949. The van der Waals surface area contributed by atoms with E-state index >= 15 is 0 Å². The Balaban J connectivity index is 1.74. The number of nitrogens with one attached hydrogen (secondary N) is 3. The number of methoxy groups -OCH3 is 1. The van der Waals surface area contributed by atoms with Gasteiger partial charge in [-0.2, -0.15) is 0 Å². The Bertz CT molecular complexity index is 912. The maximum absolute atomic E-state index is 13.0. The van der Waals surface area contributed by atoms with Crippen LogP contribution in [0.3, 0.4) is 0 Å². The summed E-state index contributed by atoms with van der Waals surface area (Å²) in [5.74, 6) is 0.534. The highest BCUT2D eigenvalue weighted by Gasteiger charge is 2.22. The molecule has 0 aliphatic carbocycles. The number of urea groups is 1. The summed E-state index contributed by atoms with van der Waals surface area (Å²) in [6, 6.07) is 11.9. The topological polar surface area (TPSA) is 82.7 Å². The molecule has 0 aromatic heterocycles. The standard InChI is InChI=1S/C24H31ClN4O3/c1-17-10-13-29(14-11-17)22-9-8-20(16-21(22)23(30)26-12-3-15-32-2)28-24(31)27-19-6-4-18(25)5-7-19/h4-9,16-17H,3,10-15H2,1-2H3,(H,26,30)(H2,27,28,31). The Hall–Kier alpha value is -2.77. The molecule has 1 aliphatic heterocycles. The fourth-order valence-electron chi connectivity index (χ4n) is 3.66. The van der Waals surface area contributed by atoms with Crippen molar-refractivity contribution in [2.45, 2.75) is 26.2 Å². The first-order valence-electron chi connectivity index (χ1n) is 11.0. The molecule has 0 unspecified atom stereocenters. The largest absolute Gasteiger partial charge is 0.385 e. The van der Waals surface area contributed by atoms with Crippen molar-refractivity contribution in [3.63, 3.8) is 0 Å². The molecule has 1 heterocycles. The molecule has 0 atom stereocenters. The van der Waals surface area contributed by atoms with E-state index in [0.29, 0.717) is 41.0 Å². The molecule has 0 bridgehead atoms. The Morgan fingerprint density at radius 1 is 1.06 bits per heavy atom. The monoisotopic (exact) mass is 458 g/mol. The molecular formula is C24H31ClN4O3. The van der Waals surface area contributed by atoms with Gasteiger partial charge in [0, 0.05) is 55.4 Å². The van der Waals surface area contributed by atoms with Crippen LogP contribution in [0.5, 0.6) is 0 Å². The predicted octanol–water partition coefficient (Wildman–Crippen LogP) is 4.99. The van der Waals surface area contributed by atoms with Crippen molar-refractivity contribution >= 4 is 40.6 Å². The molecule has 0 radical (unpaired) electrons. The molecule has 0 spiro atoms. The Morgan fingerprint density at radius 3 is 2.41 bits per heavy atom. The molecule has 2 aromatic rings. The van der Waals surface area contributed by atoms with E-state index in [9.17, 15) is 9.59 Å². The number of halogens is 1. The number of hydrogen-bond acceptors (Lipinski definition) is 4. The summed E-state index contributed by atoms with van der Waals surface area (Å²) in [6.07, 6.45) is 2.93. The second-order valence-electron chi connectivity index (χ2n) is 8.09. The number of anilines is 3. The molecule has 3 rings (SSSR count). The van der Waals surface area contributed by atoms with Gasteiger partial charge in [0.2, 0.25) is 0 Å². The number of benzene rings is 2. The average molecular weight is 459 g/mol. The highest BCUT2D eigenvalue weighted by Crippen LogP contribution is 2.29. The number of nitrogens with zero attached hydrogens (tertiary/aromatic N) is 1. The quantitative estimate of drug-likeness (QED) is 0.487. The van der Waals surface area contributed by atoms with Crippen molar-refractivity contribution in [1.29, 1.82) is 0 Å². The third kappa shape index (κ3) is 6.87. The summed E-state index contributed by atoms with van der Waals surface area (Å²) in [7, 11) is 1.64. The second-order valence-corrected chi connectivity index (χ2v) is 8.53. The zero-order chi connectivity index (χ0) is 22.9. The van der Waals surface area contributed by atoms with E-state index < -0.39 is 6.03 Å². The average Bonchev–Trinajstić information content (AvgIpc) is 2.79. The Labute approximate surface area is 194 Å². The smallest absolute Gasteiger partial charge is 0.323 e. The zero-order valence-electron chi connectivity index (χ0n) is 18.6. The van der Waals surface area contributed by atoms with E-state index in [1.807, 2.05) is 12.1 Å². The molecule has 7 nitrogen and oxygen atoms in total. The minimum atomic E-state index is -0.390. The van der Waals surface area contributed by atoms with Gasteiger partial charge in [0.05, 0.1) is 5.56 Å². The van der Waals surface area contributed by atoms with E-state index in [2.05, 4.69) is 27.8 Å². The molecular weight excluding hydrogens is 428 g/mol. The summed E-state index contributed by atoms with van der Waals surface area (Å²) < 4.78 is 5.06. The lowest BCUT2D eigenvalue weighted by Crippen LogP contribution is -2.35. The molecule has 8 heteroatoms. The van der Waals surface area contributed by atoms with E-state index in [-0.39, 0.29) is 5.91 Å². The number of rotatable bonds is 8.